The molecule has 7 heteroatoms. The Morgan fingerprint density at radius 3 is 1.46 bits per heavy atom. The van der Waals surface area contributed by atoms with Gasteiger partial charge in [0.15, 0.2) is 0 Å². The lowest BCUT2D eigenvalue weighted by Gasteiger charge is -2.52. The Kier molecular flexibility index (Phi) is 10.5. The van der Waals surface area contributed by atoms with E-state index in [2.05, 4.69) is 5.32 Å². The van der Waals surface area contributed by atoms with E-state index in [1.165, 1.54) is 0 Å². The zero-order valence-corrected chi connectivity index (χ0v) is 15.6. The van der Waals surface area contributed by atoms with Crippen LogP contribution >= 0.6 is 0 Å². The molecule has 0 aliphatic heterocycles. The van der Waals surface area contributed by atoms with Crippen LogP contribution < -0.4 is 11.1 Å². The van der Waals surface area contributed by atoms with Crippen LogP contribution in [0.25, 0.3) is 0 Å². The first-order valence-corrected chi connectivity index (χ1v) is 8.85. The van der Waals surface area contributed by atoms with Crippen LogP contribution in [0.3, 0.4) is 0 Å². The summed E-state index contributed by atoms with van der Waals surface area (Å²) in [5.74, 6) is 0. The van der Waals surface area contributed by atoms with Gasteiger partial charge in [-0.3, -0.25) is 0 Å². The number of hydrogen-bond acceptors (Lipinski definition) is 7. The first-order valence-electron chi connectivity index (χ1n) is 8.85. The van der Waals surface area contributed by atoms with E-state index in [1.54, 1.807) is 27.7 Å². The molecule has 8 N–H and O–H groups in total. The van der Waals surface area contributed by atoms with Crippen LogP contribution in [0.15, 0.2) is 0 Å². The number of hydrogen-bond donors (Lipinski definition) is 7. The monoisotopic (exact) mass is 350 g/mol. The van der Waals surface area contributed by atoms with Crippen molar-refractivity contribution in [3.05, 3.63) is 0 Å². The first kappa shape index (κ1) is 23.7. The molecule has 0 saturated carbocycles. The molecule has 0 spiro atoms. The fourth-order valence-electron chi connectivity index (χ4n) is 3.75. The van der Waals surface area contributed by atoms with Crippen molar-refractivity contribution in [2.45, 2.75) is 95.3 Å². The van der Waals surface area contributed by atoms with E-state index in [1.807, 2.05) is 0 Å². The Morgan fingerprint density at radius 1 is 0.792 bits per heavy atom. The molecule has 0 heterocycles. The van der Waals surface area contributed by atoms with Crippen molar-refractivity contribution in [1.82, 2.24) is 5.32 Å². The van der Waals surface area contributed by atoms with Crippen molar-refractivity contribution < 1.29 is 25.5 Å². The maximum absolute atomic E-state index is 10.0. The third-order valence-corrected chi connectivity index (χ3v) is 4.36. The molecule has 146 valence electrons. The topological polar surface area (TPSA) is 139 Å². The van der Waals surface area contributed by atoms with Crippen LogP contribution in [0.1, 0.15) is 59.8 Å². The lowest BCUT2D eigenvalue weighted by molar-refractivity contribution is -0.00605. The number of nitrogens with one attached hydrogen (secondary N) is 1. The number of aliphatic hydroxyl groups is 5. The fourth-order valence-corrected chi connectivity index (χ4v) is 3.75. The molecular weight excluding hydrogens is 312 g/mol. The van der Waals surface area contributed by atoms with Gasteiger partial charge in [-0.1, -0.05) is 0 Å². The maximum Gasteiger partial charge on any atom is 0.0530 e. The van der Waals surface area contributed by atoms with E-state index in [0.29, 0.717) is 13.0 Å². The summed E-state index contributed by atoms with van der Waals surface area (Å²) in [5, 5.41) is 52.4. The van der Waals surface area contributed by atoms with E-state index >= 15 is 0 Å². The van der Waals surface area contributed by atoms with Crippen LogP contribution in [0.4, 0.5) is 0 Å². The van der Waals surface area contributed by atoms with Gasteiger partial charge in [-0.15, -0.1) is 0 Å². The number of aliphatic hydroxyl groups excluding tert-OH is 5. The van der Waals surface area contributed by atoms with Crippen LogP contribution in [-0.2, 0) is 0 Å². The summed E-state index contributed by atoms with van der Waals surface area (Å²) >= 11 is 0. The molecule has 4 unspecified atom stereocenters. The minimum atomic E-state index is -1.04. The Morgan fingerprint density at radius 2 is 1.17 bits per heavy atom. The average Bonchev–Trinajstić information content (AvgIpc) is 2.34. The standard InChI is InChI=1S/C17H38N2O5/c1-12(21)8-16(18,9-13(2)22)17(10-14(3)23,11-15(4)24)19-6-5-7-20/h12-15,19-24H,5-11,18H2,1-4H3. The summed E-state index contributed by atoms with van der Waals surface area (Å²) in [6.45, 7) is 7.02. The second-order valence-corrected chi connectivity index (χ2v) is 7.45. The minimum absolute atomic E-state index is 0.0107. The van der Waals surface area contributed by atoms with Gasteiger partial charge in [0, 0.05) is 17.7 Å². The highest BCUT2D eigenvalue weighted by Crippen LogP contribution is 2.37. The number of rotatable bonds is 13. The second kappa shape index (κ2) is 10.7. The van der Waals surface area contributed by atoms with Crippen molar-refractivity contribution in [3.63, 3.8) is 0 Å². The van der Waals surface area contributed by atoms with E-state index in [9.17, 15) is 20.4 Å². The predicted molar refractivity (Wildman–Crippen MR) is 94.5 cm³/mol. The smallest absolute Gasteiger partial charge is 0.0530 e. The zero-order chi connectivity index (χ0) is 19.0. The normalized spacial score (nSPS) is 22.2. The van der Waals surface area contributed by atoms with Crippen LogP contribution in [-0.4, -0.2) is 74.2 Å². The molecule has 0 rings (SSSR count). The average molecular weight is 351 g/mol. The maximum atomic E-state index is 10.0. The molecule has 0 aromatic carbocycles. The van der Waals surface area contributed by atoms with Crippen molar-refractivity contribution in [3.8, 4) is 0 Å². The molecule has 0 fully saturated rings. The van der Waals surface area contributed by atoms with E-state index in [0.717, 1.165) is 0 Å². The minimum Gasteiger partial charge on any atom is -0.396 e. The molecule has 0 aliphatic rings. The van der Waals surface area contributed by atoms with Gasteiger partial charge >= 0.3 is 0 Å². The Labute approximate surface area is 145 Å². The third kappa shape index (κ3) is 7.74. The van der Waals surface area contributed by atoms with E-state index < -0.39 is 35.5 Å². The SMILES string of the molecule is CC(O)CC(N)(CC(C)O)C(CC(C)O)(CC(C)O)NCCCO. The third-order valence-electron chi connectivity index (χ3n) is 4.36. The molecule has 0 radical (unpaired) electrons. The summed E-state index contributed by atoms with van der Waals surface area (Å²) in [5.41, 5.74) is 4.76. The molecule has 0 saturated heterocycles. The Balaban J connectivity index is 5.88. The highest BCUT2D eigenvalue weighted by Gasteiger charge is 2.50. The lowest BCUT2D eigenvalue weighted by Crippen LogP contribution is -2.71. The molecule has 0 aliphatic carbocycles. The molecule has 24 heavy (non-hydrogen) atoms. The largest absolute Gasteiger partial charge is 0.396 e. The first-order chi connectivity index (χ1) is 11.0. The predicted octanol–water partition coefficient (Wildman–Crippen LogP) is -0.522. The number of nitrogens with two attached hydrogens (primary N) is 1. The Bertz CT molecular complexity index is 315. The lowest BCUT2D eigenvalue weighted by atomic mass is 9.65. The van der Waals surface area contributed by atoms with Gasteiger partial charge in [0.1, 0.15) is 0 Å². The molecule has 0 bridgehead atoms. The molecule has 0 aromatic rings. The van der Waals surface area contributed by atoms with Crippen LogP contribution in [0, 0.1) is 0 Å². The molecular formula is C17H38N2O5. The second-order valence-electron chi connectivity index (χ2n) is 7.45. The molecule has 0 amide bonds. The summed E-state index contributed by atoms with van der Waals surface area (Å²) in [7, 11) is 0. The highest BCUT2D eigenvalue weighted by molar-refractivity contribution is 5.11. The van der Waals surface area contributed by atoms with Gasteiger partial charge in [-0.05, 0) is 66.3 Å². The molecule has 0 aromatic heterocycles. The van der Waals surface area contributed by atoms with Gasteiger partial charge in [0.25, 0.3) is 0 Å². The van der Waals surface area contributed by atoms with Gasteiger partial charge in [0.05, 0.1) is 24.4 Å². The van der Waals surface area contributed by atoms with Crippen LogP contribution in [0.5, 0.6) is 0 Å². The zero-order valence-electron chi connectivity index (χ0n) is 15.6. The van der Waals surface area contributed by atoms with Crippen molar-refractivity contribution in [2.75, 3.05) is 13.2 Å². The highest BCUT2D eigenvalue weighted by atomic mass is 16.3. The van der Waals surface area contributed by atoms with Gasteiger partial charge in [0.2, 0.25) is 0 Å². The summed E-state index contributed by atoms with van der Waals surface area (Å²) < 4.78 is 0. The van der Waals surface area contributed by atoms with E-state index in [-0.39, 0.29) is 32.3 Å². The van der Waals surface area contributed by atoms with Crippen molar-refractivity contribution >= 4 is 0 Å². The van der Waals surface area contributed by atoms with Gasteiger partial charge < -0.3 is 36.6 Å². The Hall–Kier alpha value is -0.280. The van der Waals surface area contributed by atoms with Crippen molar-refractivity contribution in [2.24, 2.45) is 5.73 Å². The van der Waals surface area contributed by atoms with Crippen molar-refractivity contribution in [1.29, 1.82) is 0 Å². The van der Waals surface area contributed by atoms with Crippen LogP contribution in [0.2, 0.25) is 0 Å². The summed E-state index contributed by atoms with van der Waals surface area (Å²) in [6, 6.07) is 0. The van der Waals surface area contributed by atoms with E-state index in [4.69, 9.17) is 10.8 Å². The molecule has 4 atom stereocenters. The molecule has 7 nitrogen and oxygen atoms in total. The summed E-state index contributed by atoms with van der Waals surface area (Å²) in [4.78, 5) is 0. The van der Waals surface area contributed by atoms with Gasteiger partial charge in [-0.25, -0.2) is 0 Å². The fraction of sp³-hybridized carbons (Fsp3) is 1.00. The quantitative estimate of drug-likeness (QED) is 0.222. The summed E-state index contributed by atoms with van der Waals surface area (Å²) in [6.07, 6.45) is -1.31. The van der Waals surface area contributed by atoms with Gasteiger partial charge in [-0.2, -0.15) is 0 Å².